The highest BCUT2D eigenvalue weighted by molar-refractivity contribution is 5.91. The van der Waals surface area contributed by atoms with Crippen molar-refractivity contribution >= 4 is 23.0 Å². The zero-order valence-electron chi connectivity index (χ0n) is 15.7. The van der Waals surface area contributed by atoms with Crippen molar-refractivity contribution in [1.82, 2.24) is 24.9 Å². The zero-order valence-corrected chi connectivity index (χ0v) is 15.7. The molecule has 1 fully saturated rings. The lowest BCUT2D eigenvalue weighted by atomic mass is 10.0. The number of hydrogen-bond acceptors (Lipinski definition) is 5. The second kappa shape index (κ2) is 7.92. The number of para-hydroxylation sites is 2. The van der Waals surface area contributed by atoms with Crippen molar-refractivity contribution < 1.29 is 10.0 Å². The number of carbonyl (C=O) groups excluding carboxylic acids is 1. The molecule has 1 aromatic carbocycles. The van der Waals surface area contributed by atoms with Crippen molar-refractivity contribution in [1.29, 1.82) is 0 Å². The normalized spacial score (nSPS) is 18.0. The van der Waals surface area contributed by atoms with Gasteiger partial charge in [-0.2, -0.15) is 0 Å². The highest BCUT2D eigenvalue weighted by atomic mass is 16.5. The summed E-state index contributed by atoms with van der Waals surface area (Å²) in [6.07, 6.45) is 8.62. The molecule has 4 rings (SSSR count). The first-order valence-electron chi connectivity index (χ1n) is 9.39. The van der Waals surface area contributed by atoms with Gasteiger partial charge in [-0.3, -0.25) is 15.0 Å². The number of amides is 1. The number of rotatable bonds is 4. The van der Waals surface area contributed by atoms with Crippen molar-refractivity contribution in [2.75, 3.05) is 20.1 Å². The summed E-state index contributed by atoms with van der Waals surface area (Å²) in [5.74, 6) is 0.304. The van der Waals surface area contributed by atoms with Crippen LogP contribution in [0.25, 0.3) is 28.5 Å². The number of pyridine rings is 1. The molecule has 1 saturated heterocycles. The molecule has 0 unspecified atom stereocenters. The van der Waals surface area contributed by atoms with Crippen LogP contribution in [0.15, 0.2) is 48.8 Å². The van der Waals surface area contributed by atoms with Crippen LogP contribution in [0.5, 0.6) is 0 Å². The van der Waals surface area contributed by atoms with Gasteiger partial charge in [-0.25, -0.2) is 10.5 Å². The Morgan fingerprint density at radius 2 is 2.18 bits per heavy atom. The third kappa shape index (κ3) is 3.67. The van der Waals surface area contributed by atoms with Gasteiger partial charge in [-0.05, 0) is 56.3 Å². The molecule has 3 aromatic rings. The number of hydroxylamine groups is 1. The summed E-state index contributed by atoms with van der Waals surface area (Å²) >= 11 is 0. The van der Waals surface area contributed by atoms with Gasteiger partial charge in [0.2, 0.25) is 0 Å². The standard InChI is InChI=1S/C21H23N5O2/c1-25-10-4-5-17(14-25)26-19-7-3-2-6-18(19)23-21(26)16-11-15(12-22-13-16)8-9-20(27)24-28/h2-3,6-9,11-13,17,28H,4-5,10,14H2,1H3,(H,24,27)/b9-8+/t17-/m1/s1. The number of nitrogens with zero attached hydrogens (tertiary/aromatic N) is 4. The monoisotopic (exact) mass is 377 g/mol. The molecule has 7 nitrogen and oxygen atoms in total. The number of nitrogens with one attached hydrogen (secondary N) is 1. The van der Waals surface area contributed by atoms with E-state index in [0.717, 1.165) is 53.9 Å². The second-order valence-corrected chi connectivity index (χ2v) is 7.17. The maximum atomic E-state index is 11.3. The Kier molecular flexibility index (Phi) is 5.18. The van der Waals surface area contributed by atoms with E-state index >= 15 is 0 Å². The largest absolute Gasteiger partial charge is 0.319 e. The van der Waals surface area contributed by atoms with Gasteiger partial charge in [0, 0.05) is 36.6 Å². The molecule has 144 valence electrons. The Morgan fingerprint density at radius 1 is 1.32 bits per heavy atom. The number of likely N-dealkylation sites (tertiary alicyclic amines) is 1. The number of hydrogen-bond donors (Lipinski definition) is 2. The molecule has 1 atom stereocenters. The molecule has 0 aliphatic carbocycles. The van der Waals surface area contributed by atoms with Crippen molar-refractivity contribution in [3.8, 4) is 11.4 Å². The van der Waals surface area contributed by atoms with Gasteiger partial charge < -0.3 is 9.47 Å². The van der Waals surface area contributed by atoms with E-state index in [-0.39, 0.29) is 0 Å². The Labute approximate surface area is 163 Å². The molecule has 0 bridgehead atoms. The fourth-order valence-electron chi connectivity index (χ4n) is 3.85. The van der Waals surface area contributed by atoms with Crippen LogP contribution in [0.3, 0.4) is 0 Å². The van der Waals surface area contributed by atoms with E-state index < -0.39 is 5.91 Å². The summed E-state index contributed by atoms with van der Waals surface area (Å²) in [4.78, 5) is 22.8. The van der Waals surface area contributed by atoms with E-state index in [2.05, 4.69) is 27.6 Å². The number of fused-ring (bicyclic) bond motifs is 1. The number of imidazole rings is 1. The highest BCUT2D eigenvalue weighted by Crippen LogP contribution is 2.32. The van der Waals surface area contributed by atoms with Gasteiger partial charge in [0.25, 0.3) is 5.91 Å². The van der Waals surface area contributed by atoms with Crippen LogP contribution in [0, 0.1) is 0 Å². The summed E-state index contributed by atoms with van der Waals surface area (Å²) < 4.78 is 2.33. The molecule has 1 aliphatic rings. The second-order valence-electron chi connectivity index (χ2n) is 7.17. The van der Waals surface area contributed by atoms with Crippen molar-refractivity contribution in [3.63, 3.8) is 0 Å². The number of aromatic nitrogens is 3. The summed E-state index contributed by atoms with van der Waals surface area (Å²) in [7, 11) is 2.16. The van der Waals surface area contributed by atoms with Gasteiger partial charge in [-0.1, -0.05) is 12.1 Å². The number of carbonyl (C=O) groups is 1. The molecule has 2 aromatic heterocycles. The fourth-order valence-corrected chi connectivity index (χ4v) is 3.85. The van der Waals surface area contributed by atoms with E-state index in [1.165, 1.54) is 6.08 Å². The topological polar surface area (TPSA) is 83.3 Å². The summed E-state index contributed by atoms with van der Waals surface area (Å²) in [6, 6.07) is 10.5. The zero-order chi connectivity index (χ0) is 19.5. The molecule has 0 saturated carbocycles. The van der Waals surface area contributed by atoms with Crippen molar-refractivity contribution in [2.24, 2.45) is 0 Å². The van der Waals surface area contributed by atoms with Crippen LogP contribution in [-0.4, -0.2) is 50.7 Å². The quantitative estimate of drug-likeness (QED) is 0.415. The molecule has 1 aliphatic heterocycles. The van der Waals surface area contributed by atoms with Crippen molar-refractivity contribution in [2.45, 2.75) is 18.9 Å². The number of likely N-dealkylation sites (N-methyl/N-ethyl adjacent to an activating group) is 1. The molecule has 7 heteroatoms. The van der Waals surface area contributed by atoms with Crippen LogP contribution < -0.4 is 5.48 Å². The van der Waals surface area contributed by atoms with Crippen molar-refractivity contribution in [3.05, 3.63) is 54.4 Å². The van der Waals surface area contributed by atoms with Crippen LogP contribution >= 0.6 is 0 Å². The van der Waals surface area contributed by atoms with Gasteiger partial charge >= 0.3 is 0 Å². The highest BCUT2D eigenvalue weighted by Gasteiger charge is 2.24. The molecular weight excluding hydrogens is 354 g/mol. The average Bonchev–Trinajstić information content (AvgIpc) is 3.12. The van der Waals surface area contributed by atoms with E-state index in [1.807, 2.05) is 24.3 Å². The lowest BCUT2D eigenvalue weighted by molar-refractivity contribution is -0.124. The third-order valence-corrected chi connectivity index (χ3v) is 5.12. The predicted octanol–water partition coefficient (Wildman–Crippen LogP) is 2.88. The van der Waals surface area contributed by atoms with Crippen LogP contribution in [0.1, 0.15) is 24.4 Å². The molecule has 28 heavy (non-hydrogen) atoms. The number of piperidine rings is 1. The van der Waals surface area contributed by atoms with Gasteiger partial charge in [0.1, 0.15) is 5.82 Å². The maximum absolute atomic E-state index is 11.3. The first-order valence-corrected chi connectivity index (χ1v) is 9.39. The Balaban J connectivity index is 1.79. The summed E-state index contributed by atoms with van der Waals surface area (Å²) in [6.45, 7) is 2.10. The predicted molar refractivity (Wildman–Crippen MR) is 108 cm³/mol. The lowest BCUT2D eigenvalue weighted by Crippen LogP contribution is -2.33. The van der Waals surface area contributed by atoms with E-state index in [4.69, 9.17) is 10.2 Å². The minimum atomic E-state index is -0.581. The van der Waals surface area contributed by atoms with Crippen LogP contribution in [-0.2, 0) is 4.79 Å². The van der Waals surface area contributed by atoms with Crippen LogP contribution in [0.4, 0.5) is 0 Å². The molecule has 0 spiro atoms. The van der Waals surface area contributed by atoms with Gasteiger partial charge in [-0.15, -0.1) is 0 Å². The minimum Gasteiger partial charge on any atom is -0.319 e. The summed E-state index contributed by atoms with van der Waals surface area (Å²) in [5.41, 5.74) is 5.34. The first kappa shape index (κ1) is 18.3. The van der Waals surface area contributed by atoms with Gasteiger partial charge in [0.15, 0.2) is 0 Å². The third-order valence-electron chi connectivity index (χ3n) is 5.12. The Bertz CT molecular complexity index is 1030. The van der Waals surface area contributed by atoms with E-state index in [0.29, 0.717) is 6.04 Å². The molecule has 3 heterocycles. The fraction of sp³-hybridized carbons (Fsp3) is 0.286. The lowest BCUT2D eigenvalue weighted by Gasteiger charge is -2.32. The minimum absolute atomic E-state index is 0.348. The van der Waals surface area contributed by atoms with Gasteiger partial charge in [0.05, 0.1) is 11.0 Å². The SMILES string of the molecule is CN1CCC[C@@H](n2c(-c3cncc(/C=C/C(=O)NO)c3)nc3ccccc32)C1. The molecular formula is C21H23N5O2. The number of benzene rings is 1. The maximum Gasteiger partial charge on any atom is 0.267 e. The smallest absolute Gasteiger partial charge is 0.267 e. The van der Waals surface area contributed by atoms with E-state index in [9.17, 15) is 4.79 Å². The molecule has 1 amide bonds. The first-order chi connectivity index (χ1) is 13.7. The average molecular weight is 377 g/mol. The Hall–Kier alpha value is -3.03. The van der Waals surface area contributed by atoms with Crippen LogP contribution in [0.2, 0.25) is 0 Å². The Morgan fingerprint density at radius 3 is 3.00 bits per heavy atom. The van der Waals surface area contributed by atoms with E-state index in [1.54, 1.807) is 23.9 Å². The molecule has 0 radical (unpaired) electrons. The summed E-state index contributed by atoms with van der Waals surface area (Å²) in [5, 5.41) is 8.64. The molecule has 2 N–H and O–H groups in total.